The molecule has 3 atom stereocenters. The van der Waals surface area contributed by atoms with Crippen LogP contribution in [-0.4, -0.2) is 63.4 Å². The summed E-state index contributed by atoms with van der Waals surface area (Å²) in [7, 11) is 0. The van der Waals surface area contributed by atoms with Crippen molar-refractivity contribution >= 4 is 23.7 Å². The molecule has 3 amide bonds. The van der Waals surface area contributed by atoms with Gasteiger partial charge in [0.1, 0.15) is 12.1 Å². The number of H-pyrrole nitrogens is 1. The van der Waals surface area contributed by atoms with Crippen LogP contribution in [-0.2, 0) is 25.6 Å². The number of carbonyl (C=O) groups excluding carboxylic acids is 3. The van der Waals surface area contributed by atoms with Crippen molar-refractivity contribution in [3.8, 4) is 0 Å². The molecule has 0 aliphatic carbocycles. The fourth-order valence-electron chi connectivity index (χ4n) is 2.38. The Bertz CT molecular complexity index is 676. The number of hydrogen-bond acceptors (Lipinski definition) is 6. The molecule has 0 aliphatic rings. The molecular formula is C17H28N6O5. The Morgan fingerprint density at radius 3 is 2.39 bits per heavy atom. The summed E-state index contributed by atoms with van der Waals surface area (Å²) in [5.41, 5.74) is 6.27. The van der Waals surface area contributed by atoms with Gasteiger partial charge in [-0.15, -0.1) is 0 Å². The highest BCUT2D eigenvalue weighted by Gasteiger charge is 2.25. The maximum Gasteiger partial charge on any atom is 0.326 e. The molecule has 1 aromatic rings. The van der Waals surface area contributed by atoms with E-state index >= 15 is 0 Å². The molecule has 156 valence electrons. The van der Waals surface area contributed by atoms with Crippen LogP contribution in [0.5, 0.6) is 0 Å². The lowest BCUT2D eigenvalue weighted by atomic mass is 10.0. The number of hydrogen-bond donors (Lipinski definition) is 6. The second-order valence-corrected chi connectivity index (χ2v) is 6.92. The Balaban J connectivity index is 2.46. The molecule has 11 nitrogen and oxygen atoms in total. The van der Waals surface area contributed by atoms with Crippen LogP contribution in [0.2, 0.25) is 0 Å². The zero-order chi connectivity index (χ0) is 21.3. The van der Waals surface area contributed by atoms with Crippen molar-refractivity contribution in [2.45, 2.75) is 51.7 Å². The first-order valence-electron chi connectivity index (χ1n) is 8.93. The number of rotatable bonds is 11. The summed E-state index contributed by atoms with van der Waals surface area (Å²) in [6, 6.07) is -2.88. The smallest absolute Gasteiger partial charge is 0.326 e. The van der Waals surface area contributed by atoms with Gasteiger partial charge >= 0.3 is 5.97 Å². The van der Waals surface area contributed by atoms with Gasteiger partial charge in [0.05, 0.1) is 18.9 Å². The van der Waals surface area contributed by atoms with E-state index in [1.54, 1.807) is 0 Å². The number of carboxylic acids is 1. The molecule has 0 spiro atoms. The van der Waals surface area contributed by atoms with Gasteiger partial charge in [0.15, 0.2) is 0 Å². The van der Waals surface area contributed by atoms with Gasteiger partial charge in [-0.1, -0.05) is 13.8 Å². The van der Waals surface area contributed by atoms with Gasteiger partial charge in [0.2, 0.25) is 17.7 Å². The van der Waals surface area contributed by atoms with E-state index in [0.717, 1.165) is 0 Å². The van der Waals surface area contributed by atoms with Gasteiger partial charge in [-0.05, 0) is 19.3 Å². The molecule has 3 unspecified atom stereocenters. The highest BCUT2D eigenvalue weighted by molar-refractivity contribution is 5.92. The van der Waals surface area contributed by atoms with Crippen molar-refractivity contribution in [3.05, 3.63) is 18.2 Å². The maximum absolute atomic E-state index is 12.2. The van der Waals surface area contributed by atoms with E-state index in [1.807, 2.05) is 13.8 Å². The summed E-state index contributed by atoms with van der Waals surface area (Å²) in [5.74, 6) is -2.68. The Morgan fingerprint density at radius 2 is 1.86 bits per heavy atom. The van der Waals surface area contributed by atoms with E-state index in [4.69, 9.17) is 5.73 Å². The minimum atomic E-state index is -1.21. The summed E-state index contributed by atoms with van der Waals surface area (Å²) in [4.78, 5) is 53.8. The molecule has 0 fully saturated rings. The van der Waals surface area contributed by atoms with Crippen LogP contribution in [0.1, 0.15) is 32.9 Å². The second-order valence-electron chi connectivity index (χ2n) is 6.92. The third-order valence-corrected chi connectivity index (χ3v) is 3.85. The maximum atomic E-state index is 12.2. The first kappa shape index (κ1) is 23.1. The van der Waals surface area contributed by atoms with Gasteiger partial charge in [-0.25, -0.2) is 9.78 Å². The fraction of sp³-hybridized carbons (Fsp3) is 0.588. The Morgan fingerprint density at radius 1 is 1.18 bits per heavy atom. The van der Waals surface area contributed by atoms with Crippen molar-refractivity contribution < 1.29 is 24.3 Å². The van der Waals surface area contributed by atoms with E-state index < -0.39 is 41.8 Å². The van der Waals surface area contributed by atoms with E-state index in [2.05, 4.69) is 25.9 Å². The molecule has 1 rings (SSSR count). The topological polar surface area (TPSA) is 179 Å². The standard InChI is InChI=1S/C17H28N6O5/c1-9(2)4-12(18)16(26)20-7-14(24)22-10(3)15(25)23-13(17(27)28)5-11-6-19-8-21-11/h6,8-10,12-13H,4-5,7,18H2,1-3H3,(H,19,21)(H,20,26)(H,22,24)(H,23,25)(H,27,28). The molecule has 7 N–H and O–H groups in total. The third kappa shape index (κ3) is 8.16. The predicted octanol–water partition coefficient (Wildman–Crippen LogP) is -1.48. The number of aromatic nitrogens is 2. The van der Waals surface area contributed by atoms with Gasteiger partial charge in [0, 0.05) is 18.3 Å². The number of aliphatic carboxylic acids is 1. The highest BCUT2D eigenvalue weighted by Crippen LogP contribution is 2.02. The number of nitrogens with two attached hydrogens (primary N) is 1. The van der Waals surface area contributed by atoms with Gasteiger partial charge in [-0.2, -0.15) is 0 Å². The van der Waals surface area contributed by atoms with Crippen molar-refractivity contribution in [1.82, 2.24) is 25.9 Å². The summed E-state index contributed by atoms with van der Waals surface area (Å²) < 4.78 is 0. The van der Waals surface area contributed by atoms with Crippen molar-refractivity contribution in [1.29, 1.82) is 0 Å². The van der Waals surface area contributed by atoms with Crippen LogP contribution in [0, 0.1) is 5.92 Å². The first-order chi connectivity index (χ1) is 13.1. The largest absolute Gasteiger partial charge is 0.480 e. The molecule has 0 saturated carbocycles. The SMILES string of the molecule is CC(C)CC(N)C(=O)NCC(=O)NC(C)C(=O)NC(Cc1cnc[nH]1)C(=O)O. The van der Waals surface area contributed by atoms with Crippen LogP contribution in [0.15, 0.2) is 12.5 Å². The zero-order valence-electron chi connectivity index (χ0n) is 16.2. The average Bonchev–Trinajstić information content (AvgIpc) is 3.11. The lowest BCUT2D eigenvalue weighted by molar-refractivity contribution is -0.142. The van der Waals surface area contributed by atoms with Crippen LogP contribution in [0.3, 0.4) is 0 Å². The molecule has 0 bridgehead atoms. The number of imidazole rings is 1. The van der Waals surface area contributed by atoms with Gasteiger partial charge in [0.25, 0.3) is 0 Å². The van der Waals surface area contributed by atoms with Crippen LogP contribution in [0.4, 0.5) is 0 Å². The molecule has 0 saturated heterocycles. The number of nitrogens with zero attached hydrogens (tertiary/aromatic N) is 1. The second kappa shape index (κ2) is 11.0. The normalized spacial score (nSPS) is 14.0. The molecule has 11 heteroatoms. The monoisotopic (exact) mass is 396 g/mol. The fourth-order valence-corrected chi connectivity index (χ4v) is 2.38. The molecule has 1 heterocycles. The Hall–Kier alpha value is -2.95. The number of carbonyl (C=O) groups is 4. The molecular weight excluding hydrogens is 368 g/mol. The molecule has 0 aromatic carbocycles. The molecule has 1 aromatic heterocycles. The lowest BCUT2D eigenvalue weighted by Gasteiger charge is -2.19. The van der Waals surface area contributed by atoms with E-state index in [-0.39, 0.29) is 18.9 Å². The van der Waals surface area contributed by atoms with E-state index in [0.29, 0.717) is 12.1 Å². The summed E-state index contributed by atoms with van der Waals surface area (Å²) in [6.45, 7) is 4.93. The average molecular weight is 396 g/mol. The predicted molar refractivity (Wildman–Crippen MR) is 99.9 cm³/mol. The minimum absolute atomic E-state index is 0.0194. The first-order valence-corrected chi connectivity index (χ1v) is 8.93. The summed E-state index contributed by atoms with van der Waals surface area (Å²) in [5, 5.41) is 16.4. The van der Waals surface area contributed by atoms with E-state index in [9.17, 15) is 24.3 Å². The molecule has 0 radical (unpaired) electrons. The lowest BCUT2D eigenvalue weighted by Crippen LogP contribution is -2.53. The van der Waals surface area contributed by atoms with Gasteiger partial charge < -0.3 is 31.8 Å². The number of aromatic amines is 1. The van der Waals surface area contributed by atoms with Crippen LogP contribution < -0.4 is 21.7 Å². The molecule has 0 aliphatic heterocycles. The Labute approximate surface area is 162 Å². The van der Waals surface area contributed by atoms with Crippen molar-refractivity contribution in [3.63, 3.8) is 0 Å². The Kier molecular flexibility index (Phi) is 9.09. The quantitative estimate of drug-likeness (QED) is 0.264. The summed E-state index contributed by atoms with van der Waals surface area (Å²) >= 11 is 0. The molecule has 28 heavy (non-hydrogen) atoms. The van der Waals surface area contributed by atoms with Crippen LogP contribution >= 0.6 is 0 Å². The number of carboxylic acid groups (broad SMARTS) is 1. The van der Waals surface area contributed by atoms with Crippen LogP contribution in [0.25, 0.3) is 0 Å². The zero-order valence-corrected chi connectivity index (χ0v) is 16.2. The highest BCUT2D eigenvalue weighted by atomic mass is 16.4. The van der Waals surface area contributed by atoms with E-state index in [1.165, 1.54) is 19.4 Å². The van der Waals surface area contributed by atoms with Gasteiger partial charge in [-0.3, -0.25) is 14.4 Å². The number of nitrogens with one attached hydrogen (secondary N) is 4. The summed E-state index contributed by atoms with van der Waals surface area (Å²) in [6.07, 6.45) is 3.37. The third-order valence-electron chi connectivity index (χ3n) is 3.85. The minimum Gasteiger partial charge on any atom is -0.480 e. The van der Waals surface area contributed by atoms with Crippen molar-refractivity contribution in [2.75, 3.05) is 6.54 Å². The number of amides is 3. The van der Waals surface area contributed by atoms with Crippen molar-refractivity contribution in [2.24, 2.45) is 11.7 Å².